The van der Waals surface area contributed by atoms with Crippen molar-refractivity contribution >= 4 is 5.91 Å². The molecule has 0 aromatic heterocycles. The molecule has 1 heterocycles. The monoisotopic (exact) mass is 290 g/mol. The van der Waals surface area contributed by atoms with Crippen molar-refractivity contribution in [2.45, 2.75) is 33.3 Å². The summed E-state index contributed by atoms with van der Waals surface area (Å²) >= 11 is 0. The van der Waals surface area contributed by atoms with Gasteiger partial charge in [-0.05, 0) is 38.9 Å². The minimum atomic E-state index is -0.380. The Morgan fingerprint density at radius 2 is 1.90 bits per heavy atom. The summed E-state index contributed by atoms with van der Waals surface area (Å²) in [4.78, 5) is 16.8. The van der Waals surface area contributed by atoms with Crippen LogP contribution < -0.4 is 4.74 Å². The molecular formula is C17H26N2O2. The van der Waals surface area contributed by atoms with E-state index in [2.05, 4.69) is 24.9 Å². The predicted octanol–water partition coefficient (Wildman–Crippen LogP) is 2.23. The van der Waals surface area contributed by atoms with Gasteiger partial charge in [0, 0.05) is 26.2 Å². The first-order valence-corrected chi connectivity index (χ1v) is 7.72. The molecule has 0 N–H and O–H groups in total. The number of hydrogen-bond donors (Lipinski definition) is 0. The molecule has 1 amide bonds. The van der Waals surface area contributed by atoms with Gasteiger partial charge in [-0.1, -0.05) is 24.6 Å². The average molecular weight is 290 g/mol. The van der Waals surface area contributed by atoms with Gasteiger partial charge in [0.15, 0.2) is 6.10 Å². The molecule has 4 nitrogen and oxygen atoms in total. The van der Waals surface area contributed by atoms with Gasteiger partial charge in [0.25, 0.3) is 5.91 Å². The third-order valence-corrected chi connectivity index (χ3v) is 4.06. The van der Waals surface area contributed by atoms with E-state index in [9.17, 15) is 4.79 Å². The van der Waals surface area contributed by atoms with E-state index in [4.69, 9.17) is 4.74 Å². The van der Waals surface area contributed by atoms with Gasteiger partial charge in [0.1, 0.15) is 5.75 Å². The largest absolute Gasteiger partial charge is 0.480 e. The van der Waals surface area contributed by atoms with Crippen LogP contribution in [0.15, 0.2) is 18.2 Å². The molecule has 4 heteroatoms. The Hall–Kier alpha value is -1.55. The van der Waals surface area contributed by atoms with E-state index >= 15 is 0 Å². The average Bonchev–Trinajstić information content (AvgIpc) is 2.47. The smallest absolute Gasteiger partial charge is 0.263 e. The number of aryl methyl sites for hydroxylation is 2. The molecule has 0 radical (unpaired) electrons. The van der Waals surface area contributed by atoms with Gasteiger partial charge < -0.3 is 14.5 Å². The Morgan fingerprint density at radius 1 is 1.24 bits per heavy atom. The standard InChI is InChI=1S/C17H26N2O2/c1-5-15(17(20)19-10-8-18(4)9-11-19)21-16-7-6-13(2)12-14(16)3/h6-7,12,15H,5,8-11H2,1-4H3. The molecule has 1 aliphatic rings. The second-order valence-corrected chi connectivity index (χ2v) is 5.91. The van der Waals surface area contributed by atoms with Crippen molar-refractivity contribution in [1.82, 2.24) is 9.80 Å². The van der Waals surface area contributed by atoms with Crippen LogP contribution in [0, 0.1) is 13.8 Å². The van der Waals surface area contributed by atoms with Crippen LogP contribution in [-0.2, 0) is 4.79 Å². The minimum Gasteiger partial charge on any atom is -0.480 e. The van der Waals surface area contributed by atoms with Crippen molar-refractivity contribution in [2.75, 3.05) is 33.2 Å². The summed E-state index contributed by atoms with van der Waals surface area (Å²) in [5, 5.41) is 0. The predicted molar refractivity (Wildman–Crippen MR) is 84.7 cm³/mol. The highest BCUT2D eigenvalue weighted by atomic mass is 16.5. The Labute approximate surface area is 127 Å². The Balaban J connectivity index is 2.03. The molecule has 1 aromatic rings. The van der Waals surface area contributed by atoms with E-state index in [1.54, 1.807) is 0 Å². The summed E-state index contributed by atoms with van der Waals surface area (Å²) in [6.07, 6.45) is 0.313. The van der Waals surface area contributed by atoms with Crippen LogP contribution in [0.3, 0.4) is 0 Å². The highest BCUT2D eigenvalue weighted by Crippen LogP contribution is 2.21. The van der Waals surface area contributed by atoms with Gasteiger partial charge in [-0.25, -0.2) is 0 Å². The number of hydrogen-bond acceptors (Lipinski definition) is 3. The second-order valence-electron chi connectivity index (χ2n) is 5.91. The van der Waals surface area contributed by atoms with E-state index in [0.717, 1.165) is 37.5 Å². The van der Waals surface area contributed by atoms with E-state index in [-0.39, 0.29) is 12.0 Å². The zero-order chi connectivity index (χ0) is 15.4. The molecule has 0 aliphatic carbocycles. The van der Waals surface area contributed by atoms with Crippen molar-refractivity contribution in [3.05, 3.63) is 29.3 Å². The number of amides is 1. The van der Waals surface area contributed by atoms with E-state index in [1.165, 1.54) is 5.56 Å². The third-order valence-electron chi connectivity index (χ3n) is 4.06. The Kier molecular flexibility index (Phi) is 5.23. The molecule has 21 heavy (non-hydrogen) atoms. The van der Waals surface area contributed by atoms with Crippen LogP contribution >= 0.6 is 0 Å². The maximum atomic E-state index is 12.6. The first kappa shape index (κ1) is 15.8. The van der Waals surface area contributed by atoms with Gasteiger partial charge in [-0.2, -0.15) is 0 Å². The summed E-state index contributed by atoms with van der Waals surface area (Å²) < 4.78 is 5.99. The maximum absolute atomic E-state index is 12.6. The first-order chi connectivity index (χ1) is 10.0. The zero-order valence-electron chi connectivity index (χ0n) is 13.6. The zero-order valence-corrected chi connectivity index (χ0v) is 13.6. The maximum Gasteiger partial charge on any atom is 0.263 e. The molecule has 0 saturated carbocycles. The molecule has 1 unspecified atom stereocenters. The number of piperazine rings is 1. The Morgan fingerprint density at radius 3 is 2.48 bits per heavy atom. The molecule has 0 bridgehead atoms. The lowest BCUT2D eigenvalue weighted by molar-refractivity contribution is -0.140. The summed E-state index contributed by atoms with van der Waals surface area (Å²) in [7, 11) is 2.09. The third kappa shape index (κ3) is 3.97. The molecular weight excluding hydrogens is 264 g/mol. The second kappa shape index (κ2) is 6.94. The number of nitrogens with zero attached hydrogens (tertiary/aromatic N) is 2. The van der Waals surface area contributed by atoms with Gasteiger partial charge in [0.2, 0.25) is 0 Å². The molecule has 2 rings (SSSR count). The topological polar surface area (TPSA) is 32.8 Å². The van der Waals surface area contributed by atoms with Crippen molar-refractivity contribution in [3.8, 4) is 5.75 Å². The number of ether oxygens (including phenoxy) is 1. The van der Waals surface area contributed by atoms with Crippen LogP contribution in [-0.4, -0.2) is 55.0 Å². The quantitative estimate of drug-likeness (QED) is 0.852. The minimum absolute atomic E-state index is 0.116. The van der Waals surface area contributed by atoms with Gasteiger partial charge >= 0.3 is 0 Å². The SMILES string of the molecule is CCC(Oc1ccc(C)cc1C)C(=O)N1CCN(C)CC1. The molecule has 1 saturated heterocycles. The van der Waals surface area contributed by atoms with Gasteiger partial charge in [0.05, 0.1) is 0 Å². The molecule has 0 spiro atoms. The molecule has 1 atom stereocenters. The normalized spacial score (nSPS) is 17.6. The highest BCUT2D eigenvalue weighted by molar-refractivity contribution is 5.81. The lowest BCUT2D eigenvalue weighted by atomic mass is 10.1. The number of benzene rings is 1. The van der Waals surface area contributed by atoms with Crippen molar-refractivity contribution < 1.29 is 9.53 Å². The summed E-state index contributed by atoms with van der Waals surface area (Å²) in [6, 6.07) is 6.07. The first-order valence-electron chi connectivity index (χ1n) is 7.72. The van der Waals surface area contributed by atoms with Gasteiger partial charge in [-0.15, -0.1) is 0 Å². The number of rotatable bonds is 4. The summed E-state index contributed by atoms with van der Waals surface area (Å²) in [5.41, 5.74) is 2.29. The van der Waals surface area contributed by atoms with Crippen LogP contribution in [0.2, 0.25) is 0 Å². The number of carbonyl (C=O) groups is 1. The molecule has 1 aromatic carbocycles. The fourth-order valence-electron chi connectivity index (χ4n) is 2.62. The van der Waals surface area contributed by atoms with Crippen molar-refractivity contribution in [2.24, 2.45) is 0 Å². The lowest BCUT2D eigenvalue weighted by Crippen LogP contribution is -2.51. The molecule has 1 fully saturated rings. The fourth-order valence-corrected chi connectivity index (χ4v) is 2.62. The highest BCUT2D eigenvalue weighted by Gasteiger charge is 2.27. The van der Waals surface area contributed by atoms with Gasteiger partial charge in [-0.3, -0.25) is 4.79 Å². The van der Waals surface area contributed by atoms with E-state index < -0.39 is 0 Å². The van der Waals surface area contributed by atoms with Crippen molar-refractivity contribution in [3.63, 3.8) is 0 Å². The number of likely N-dealkylation sites (N-methyl/N-ethyl adjacent to an activating group) is 1. The number of carbonyl (C=O) groups excluding carboxylic acids is 1. The van der Waals surface area contributed by atoms with Crippen LogP contribution in [0.25, 0.3) is 0 Å². The fraction of sp³-hybridized carbons (Fsp3) is 0.588. The van der Waals surface area contributed by atoms with E-state index in [0.29, 0.717) is 6.42 Å². The lowest BCUT2D eigenvalue weighted by Gasteiger charge is -2.34. The Bertz CT molecular complexity index is 494. The van der Waals surface area contributed by atoms with Crippen LogP contribution in [0.5, 0.6) is 5.75 Å². The summed E-state index contributed by atoms with van der Waals surface area (Å²) in [5.74, 6) is 0.931. The summed E-state index contributed by atoms with van der Waals surface area (Å²) in [6.45, 7) is 9.54. The van der Waals surface area contributed by atoms with Crippen molar-refractivity contribution in [1.29, 1.82) is 0 Å². The van der Waals surface area contributed by atoms with Crippen LogP contribution in [0.4, 0.5) is 0 Å². The van der Waals surface area contributed by atoms with Crippen LogP contribution in [0.1, 0.15) is 24.5 Å². The van der Waals surface area contributed by atoms with E-state index in [1.807, 2.05) is 30.9 Å². The molecule has 116 valence electrons. The molecule has 1 aliphatic heterocycles.